The highest BCUT2D eigenvalue weighted by atomic mass is 15.3. The van der Waals surface area contributed by atoms with Gasteiger partial charge in [-0.25, -0.2) is 10.8 Å². The second-order valence-corrected chi connectivity index (χ2v) is 6.08. The highest BCUT2D eigenvalue weighted by molar-refractivity contribution is 5.79. The number of hydrazine groups is 1. The Morgan fingerprint density at radius 2 is 1.78 bits per heavy atom. The molecule has 0 aromatic heterocycles. The first-order valence-electron chi connectivity index (χ1n) is 7.51. The van der Waals surface area contributed by atoms with E-state index in [1.165, 1.54) is 44.9 Å². The van der Waals surface area contributed by atoms with Crippen LogP contribution in [0.1, 0.15) is 58.8 Å². The summed E-state index contributed by atoms with van der Waals surface area (Å²) in [7, 11) is 0. The van der Waals surface area contributed by atoms with Crippen LogP contribution in [0.2, 0.25) is 0 Å². The van der Waals surface area contributed by atoms with Crippen molar-refractivity contribution in [1.29, 1.82) is 0 Å². The third-order valence-corrected chi connectivity index (χ3v) is 4.80. The van der Waals surface area contributed by atoms with Crippen LogP contribution in [0.4, 0.5) is 0 Å². The number of rotatable bonds is 2. The van der Waals surface area contributed by atoms with Crippen LogP contribution in [0, 0.1) is 11.8 Å². The number of aliphatic imine (C=N–C) groups is 1. The van der Waals surface area contributed by atoms with Gasteiger partial charge in [0.15, 0.2) is 0 Å². The molecule has 4 N–H and O–H groups in total. The van der Waals surface area contributed by atoms with Crippen molar-refractivity contribution in [3.8, 4) is 0 Å². The number of nitrogens with one attached hydrogen (secondary N) is 2. The molecule has 2 fully saturated rings. The molecule has 2 rings (SSSR count). The third-order valence-electron chi connectivity index (χ3n) is 4.80. The van der Waals surface area contributed by atoms with Crippen LogP contribution >= 0.6 is 0 Å². The fourth-order valence-corrected chi connectivity index (χ4v) is 3.24. The van der Waals surface area contributed by atoms with Gasteiger partial charge in [0.2, 0.25) is 5.96 Å². The summed E-state index contributed by atoms with van der Waals surface area (Å²) in [6.45, 7) is 4.63. The van der Waals surface area contributed by atoms with E-state index in [0.29, 0.717) is 18.0 Å². The molecule has 2 aliphatic rings. The molecule has 2 saturated carbocycles. The molecule has 0 aliphatic heterocycles. The van der Waals surface area contributed by atoms with Gasteiger partial charge in [-0.15, -0.1) is 0 Å². The van der Waals surface area contributed by atoms with Crippen LogP contribution in [0.25, 0.3) is 0 Å². The Hall–Kier alpha value is -0.770. The van der Waals surface area contributed by atoms with E-state index in [1.54, 1.807) is 0 Å². The van der Waals surface area contributed by atoms with E-state index < -0.39 is 0 Å². The molecule has 0 radical (unpaired) electrons. The van der Waals surface area contributed by atoms with Gasteiger partial charge in [0.05, 0.1) is 6.04 Å². The Labute approximate surface area is 111 Å². The van der Waals surface area contributed by atoms with Crippen molar-refractivity contribution in [3.05, 3.63) is 0 Å². The van der Waals surface area contributed by atoms with E-state index in [4.69, 9.17) is 10.8 Å². The minimum absolute atomic E-state index is 0.433. The van der Waals surface area contributed by atoms with Crippen molar-refractivity contribution >= 4 is 5.96 Å². The van der Waals surface area contributed by atoms with E-state index >= 15 is 0 Å². The van der Waals surface area contributed by atoms with E-state index in [9.17, 15) is 0 Å². The maximum absolute atomic E-state index is 5.60. The highest BCUT2D eigenvalue weighted by Crippen LogP contribution is 2.33. The molecule has 0 spiro atoms. The summed E-state index contributed by atoms with van der Waals surface area (Å²) >= 11 is 0. The number of hydrogen-bond donors (Lipinski definition) is 3. The maximum atomic E-state index is 5.60. The first-order valence-corrected chi connectivity index (χ1v) is 7.51. The molecular weight excluding hydrogens is 224 g/mol. The van der Waals surface area contributed by atoms with Gasteiger partial charge in [-0.05, 0) is 37.5 Å². The lowest BCUT2D eigenvalue weighted by Crippen LogP contribution is -2.47. The summed E-state index contributed by atoms with van der Waals surface area (Å²) in [4.78, 5) is 4.79. The van der Waals surface area contributed by atoms with Gasteiger partial charge in [0.25, 0.3) is 0 Å². The van der Waals surface area contributed by atoms with Crippen LogP contribution in [0.15, 0.2) is 4.99 Å². The number of hydrogen-bond acceptors (Lipinski definition) is 2. The van der Waals surface area contributed by atoms with E-state index in [-0.39, 0.29) is 0 Å². The number of guanidine groups is 1. The van der Waals surface area contributed by atoms with E-state index in [2.05, 4.69) is 24.6 Å². The van der Waals surface area contributed by atoms with E-state index in [1.807, 2.05) is 0 Å². The zero-order chi connectivity index (χ0) is 13.0. The highest BCUT2D eigenvalue weighted by Gasteiger charge is 2.29. The quantitative estimate of drug-likeness (QED) is 0.305. The van der Waals surface area contributed by atoms with Gasteiger partial charge in [0.1, 0.15) is 0 Å². The molecule has 0 aromatic rings. The Morgan fingerprint density at radius 1 is 1.06 bits per heavy atom. The zero-order valence-corrected chi connectivity index (χ0v) is 11.8. The Kier molecular flexibility index (Phi) is 4.87. The molecule has 0 aromatic carbocycles. The van der Waals surface area contributed by atoms with Gasteiger partial charge in [-0.3, -0.25) is 5.43 Å². The summed E-state index contributed by atoms with van der Waals surface area (Å²) in [5.74, 6) is 7.86. The van der Waals surface area contributed by atoms with Crippen molar-refractivity contribution in [2.75, 3.05) is 0 Å². The van der Waals surface area contributed by atoms with Gasteiger partial charge >= 0.3 is 0 Å². The second kappa shape index (κ2) is 6.41. The molecule has 104 valence electrons. The molecular formula is C14H28N4. The lowest BCUT2D eigenvalue weighted by Gasteiger charge is -2.25. The minimum atomic E-state index is 0.433. The smallest absolute Gasteiger partial charge is 0.206 e. The van der Waals surface area contributed by atoms with Crippen molar-refractivity contribution in [2.24, 2.45) is 22.7 Å². The fourth-order valence-electron chi connectivity index (χ4n) is 3.24. The summed E-state index contributed by atoms with van der Waals surface area (Å²) in [5, 5.41) is 3.48. The monoisotopic (exact) mass is 252 g/mol. The van der Waals surface area contributed by atoms with Crippen LogP contribution < -0.4 is 16.6 Å². The fraction of sp³-hybridized carbons (Fsp3) is 0.929. The largest absolute Gasteiger partial charge is 0.353 e. The normalized spacial score (nSPS) is 34.6. The van der Waals surface area contributed by atoms with Crippen LogP contribution in [0.3, 0.4) is 0 Å². The van der Waals surface area contributed by atoms with Crippen molar-refractivity contribution in [1.82, 2.24) is 10.7 Å². The lowest BCUT2D eigenvalue weighted by molar-refractivity contribution is 0.403. The summed E-state index contributed by atoms with van der Waals surface area (Å²) in [6, 6.07) is 0.991. The average molecular weight is 252 g/mol. The zero-order valence-electron chi connectivity index (χ0n) is 11.8. The van der Waals surface area contributed by atoms with Crippen molar-refractivity contribution < 1.29 is 0 Å². The summed E-state index contributed by atoms with van der Waals surface area (Å²) in [5.41, 5.74) is 2.75. The Bertz CT molecular complexity index is 284. The SMILES string of the molecule is CC1CCC(N=C(NN)NC2CCCCC2)C1C. The van der Waals surface area contributed by atoms with Gasteiger partial charge in [-0.2, -0.15) is 0 Å². The predicted molar refractivity (Wildman–Crippen MR) is 76.1 cm³/mol. The Balaban J connectivity index is 1.90. The van der Waals surface area contributed by atoms with Gasteiger partial charge < -0.3 is 5.32 Å². The molecule has 0 saturated heterocycles. The molecule has 4 nitrogen and oxygen atoms in total. The molecule has 3 atom stereocenters. The topological polar surface area (TPSA) is 62.4 Å². The molecule has 4 heteroatoms. The van der Waals surface area contributed by atoms with Crippen LogP contribution in [-0.4, -0.2) is 18.0 Å². The summed E-state index contributed by atoms with van der Waals surface area (Å²) < 4.78 is 0. The second-order valence-electron chi connectivity index (χ2n) is 6.08. The molecule has 18 heavy (non-hydrogen) atoms. The molecule has 3 unspecified atom stereocenters. The number of nitrogens with zero attached hydrogens (tertiary/aromatic N) is 1. The standard InChI is InChI=1S/C14H28N4/c1-10-8-9-13(11(10)2)17-14(18-15)16-12-6-4-3-5-7-12/h10-13H,3-9,15H2,1-2H3,(H2,16,17,18). The third kappa shape index (κ3) is 3.37. The van der Waals surface area contributed by atoms with Crippen LogP contribution in [0.5, 0.6) is 0 Å². The van der Waals surface area contributed by atoms with Crippen molar-refractivity contribution in [3.63, 3.8) is 0 Å². The molecule has 2 aliphatic carbocycles. The van der Waals surface area contributed by atoms with E-state index in [0.717, 1.165) is 11.9 Å². The van der Waals surface area contributed by atoms with Crippen molar-refractivity contribution in [2.45, 2.75) is 70.9 Å². The first-order chi connectivity index (χ1) is 8.70. The number of nitrogens with two attached hydrogens (primary N) is 1. The average Bonchev–Trinajstić information content (AvgIpc) is 2.71. The molecule has 0 amide bonds. The molecule has 0 heterocycles. The maximum Gasteiger partial charge on any atom is 0.206 e. The summed E-state index contributed by atoms with van der Waals surface area (Å²) in [6.07, 6.45) is 9.00. The van der Waals surface area contributed by atoms with Crippen LogP contribution in [-0.2, 0) is 0 Å². The first kappa shape index (κ1) is 13.7. The van der Waals surface area contributed by atoms with Gasteiger partial charge in [0, 0.05) is 6.04 Å². The lowest BCUT2D eigenvalue weighted by atomic mass is 9.96. The Morgan fingerprint density at radius 3 is 2.33 bits per heavy atom. The van der Waals surface area contributed by atoms with Gasteiger partial charge in [-0.1, -0.05) is 33.1 Å². The molecule has 0 bridgehead atoms. The minimum Gasteiger partial charge on any atom is -0.353 e. The predicted octanol–water partition coefficient (Wildman–Crippen LogP) is 2.16.